The smallest absolute Gasteiger partial charge is 0.222 e. The van der Waals surface area contributed by atoms with Crippen molar-refractivity contribution in [2.45, 2.75) is 110 Å². The Hall–Kier alpha value is -8.24. The number of ether oxygens (including phenoxy) is 4. The van der Waals surface area contributed by atoms with E-state index in [1.165, 1.54) is 11.1 Å². The summed E-state index contributed by atoms with van der Waals surface area (Å²) in [5, 5.41) is 0. The molecule has 0 aliphatic heterocycles. The zero-order valence-electron chi connectivity index (χ0n) is 46.3. The van der Waals surface area contributed by atoms with Gasteiger partial charge in [-0.3, -0.25) is 19.6 Å². The van der Waals surface area contributed by atoms with Crippen LogP contribution in [0.4, 0.5) is 0 Å². The van der Waals surface area contributed by atoms with Gasteiger partial charge in [-0.15, -0.1) is 0 Å². The van der Waals surface area contributed by atoms with Crippen molar-refractivity contribution in [2.24, 2.45) is 0 Å². The summed E-state index contributed by atoms with van der Waals surface area (Å²) in [6, 6.07) is 64.9. The highest BCUT2D eigenvalue weighted by Gasteiger charge is 2.18. The number of unbranched alkanes of at least 4 members (excludes halogenated alkanes) is 5. The number of methoxy groups -OCH3 is 2. The minimum Gasteiger partial charge on any atom is -0.493 e. The van der Waals surface area contributed by atoms with E-state index in [9.17, 15) is 9.59 Å². The summed E-state index contributed by atoms with van der Waals surface area (Å²) < 4.78 is 23.3. The summed E-state index contributed by atoms with van der Waals surface area (Å²) in [7, 11) is 3.30. The normalized spacial score (nSPS) is 10.7. The second-order valence-electron chi connectivity index (χ2n) is 19.7. The highest BCUT2D eigenvalue weighted by molar-refractivity contribution is 5.76. The molecule has 0 aliphatic rings. The highest BCUT2D eigenvalue weighted by atomic mass is 16.5. The van der Waals surface area contributed by atoms with E-state index in [2.05, 4.69) is 64.6 Å². The van der Waals surface area contributed by atoms with Gasteiger partial charge in [0, 0.05) is 75.6 Å². The molecule has 0 radical (unpaired) electrons. The first-order chi connectivity index (χ1) is 38.9. The van der Waals surface area contributed by atoms with Gasteiger partial charge in [0.05, 0.1) is 14.2 Å². The molecule has 79 heavy (non-hydrogen) atoms. The average molecular weight is 1060 g/mol. The van der Waals surface area contributed by atoms with E-state index in [0.717, 1.165) is 104 Å². The largest absolute Gasteiger partial charge is 0.493 e. The number of carbonyl (C=O) groups is 2. The predicted molar refractivity (Wildman–Crippen MR) is 316 cm³/mol. The number of amides is 2. The van der Waals surface area contributed by atoms with E-state index in [1.807, 2.05) is 149 Å². The van der Waals surface area contributed by atoms with Gasteiger partial charge in [-0.25, -0.2) is 0 Å². The van der Waals surface area contributed by atoms with Crippen molar-refractivity contribution in [2.75, 3.05) is 27.3 Å². The number of rotatable bonds is 31. The van der Waals surface area contributed by atoms with Gasteiger partial charge in [0.15, 0.2) is 23.0 Å². The minimum absolute atomic E-state index is 0.175. The Morgan fingerprint density at radius 1 is 0.367 bits per heavy atom. The Labute approximate surface area is 469 Å². The molecule has 0 N–H and O–H groups in total. The fourth-order valence-electron chi connectivity index (χ4n) is 9.29. The number of hydrogen-bond donors (Lipinski definition) is 0. The van der Waals surface area contributed by atoms with Gasteiger partial charge in [-0.2, -0.15) is 0 Å². The summed E-state index contributed by atoms with van der Waals surface area (Å²) in [6.45, 7) is 3.22. The summed E-state index contributed by atoms with van der Waals surface area (Å²) in [5.74, 6) is 3.08. The van der Waals surface area contributed by atoms with Crippen LogP contribution in [0.1, 0.15) is 103 Å². The lowest BCUT2D eigenvalue weighted by atomic mass is 10.1. The number of nitrogens with zero attached hydrogens (tertiary/aromatic N) is 4. The second kappa shape index (κ2) is 33.8. The van der Waals surface area contributed by atoms with E-state index >= 15 is 0 Å². The molecule has 410 valence electrons. The zero-order valence-corrected chi connectivity index (χ0v) is 46.3. The second-order valence-corrected chi connectivity index (χ2v) is 19.7. The summed E-state index contributed by atoms with van der Waals surface area (Å²) in [4.78, 5) is 39.5. The number of aryl methyl sites for hydroxylation is 2. The van der Waals surface area contributed by atoms with Crippen LogP contribution in [0.2, 0.25) is 0 Å². The molecule has 0 fully saturated rings. The van der Waals surface area contributed by atoms with Gasteiger partial charge < -0.3 is 28.7 Å². The SMILES string of the molecule is COc1cc(CN(CCc2ccccn2)C(=O)CCCCCCc2ccccc2)ccc1OCc1ccccc1.COc1cc(CN(CCc2ccccn2)C(=O)CCCCCc2ccccc2)ccc1OCc1ccccc1. The molecule has 10 heteroatoms. The third-order valence-corrected chi connectivity index (χ3v) is 13.8. The van der Waals surface area contributed by atoms with E-state index < -0.39 is 0 Å². The molecule has 8 aromatic rings. The van der Waals surface area contributed by atoms with Crippen molar-refractivity contribution < 1.29 is 28.5 Å². The maximum absolute atomic E-state index is 13.4. The number of aromatic nitrogens is 2. The molecule has 2 amide bonds. The molecule has 10 nitrogen and oxygen atoms in total. The highest BCUT2D eigenvalue weighted by Crippen LogP contribution is 2.31. The first kappa shape index (κ1) is 58.4. The topological polar surface area (TPSA) is 103 Å². The van der Waals surface area contributed by atoms with Crippen molar-refractivity contribution in [3.63, 3.8) is 0 Å². The molecule has 0 atom stereocenters. The van der Waals surface area contributed by atoms with Gasteiger partial charge in [0.2, 0.25) is 11.8 Å². The first-order valence-electron chi connectivity index (χ1n) is 28.0. The standard InChI is InChI=1S/C35H40N2O3.C34H38N2O3/c1-39-34-26-31(21-22-33(34)40-28-30-17-9-5-10-18-30)27-37(25-23-32-19-12-13-24-36-32)35(38)20-11-3-2-6-14-29-15-7-4-8-16-29;1-38-33-25-30(20-21-32(33)39-27-29-16-8-3-9-17-29)26-36(24-22-31-18-11-12-23-35-31)34(37)19-10-4-7-15-28-13-5-2-6-14-28/h4-5,7-10,12-13,15-19,21-22,24,26H,2-3,6,11,14,20,23,25,27-28H2,1H3;2-3,5-6,8-9,11-14,16-18,20-21,23,25H,4,7,10,15,19,22,24,26-27H2,1H3. The Kier molecular flexibility index (Phi) is 25.0. The Morgan fingerprint density at radius 3 is 1.11 bits per heavy atom. The van der Waals surface area contributed by atoms with Crippen LogP contribution in [0, 0.1) is 0 Å². The summed E-state index contributed by atoms with van der Waals surface area (Å²) >= 11 is 0. The summed E-state index contributed by atoms with van der Waals surface area (Å²) in [5.41, 5.74) is 8.93. The number of hydrogen-bond acceptors (Lipinski definition) is 8. The van der Waals surface area contributed by atoms with Crippen LogP contribution in [-0.4, -0.2) is 58.9 Å². The number of carbonyl (C=O) groups excluding carboxylic acids is 2. The van der Waals surface area contributed by atoms with E-state index in [0.29, 0.717) is 75.2 Å². The van der Waals surface area contributed by atoms with E-state index in [1.54, 1.807) is 26.6 Å². The Balaban J connectivity index is 0.000000229. The van der Waals surface area contributed by atoms with E-state index in [-0.39, 0.29) is 11.8 Å². The lowest BCUT2D eigenvalue weighted by molar-refractivity contribution is -0.132. The molecule has 0 spiro atoms. The van der Waals surface area contributed by atoms with Gasteiger partial charge >= 0.3 is 0 Å². The van der Waals surface area contributed by atoms with Gasteiger partial charge in [0.25, 0.3) is 0 Å². The molecular formula is C69H78N4O6. The minimum atomic E-state index is 0.175. The van der Waals surface area contributed by atoms with Crippen molar-refractivity contribution in [3.8, 4) is 23.0 Å². The molecule has 2 heterocycles. The fourth-order valence-corrected chi connectivity index (χ4v) is 9.29. The number of benzene rings is 6. The maximum atomic E-state index is 13.4. The molecule has 0 unspecified atom stereocenters. The summed E-state index contributed by atoms with van der Waals surface area (Å²) in [6.07, 6.45) is 15.6. The van der Waals surface area contributed by atoms with Crippen LogP contribution in [-0.2, 0) is 61.6 Å². The monoisotopic (exact) mass is 1060 g/mol. The van der Waals surface area contributed by atoms with Crippen LogP contribution in [0.5, 0.6) is 23.0 Å². The van der Waals surface area contributed by atoms with Gasteiger partial charge in [-0.1, -0.05) is 165 Å². The van der Waals surface area contributed by atoms with Crippen molar-refractivity contribution in [1.82, 2.24) is 19.8 Å². The molecule has 6 aromatic carbocycles. The molecule has 2 aromatic heterocycles. The van der Waals surface area contributed by atoms with Crippen molar-refractivity contribution in [3.05, 3.63) is 251 Å². The Morgan fingerprint density at radius 2 is 0.734 bits per heavy atom. The third-order valence-electron chi connectivity index (χ3n) is 13.8. The molecular weight excluding hydrogens is 981 g/mol. The maximum Gasteiger partial charge on any atom is 0.222 e. The van der Waals surface area contributed by atoms with Crippen LogP contribution >= 0.6 is 0 Å². The van der Waals surface area contributed by atoms with E-state index in [4.69, 9.17) is 18.9 Å². The van der Waals surface area contributed by atoms with Crippen LogP contribution in [0.25, 0.3) is 0 Å². The van der Waals surface area contributed by atoms with Crippen LogP contribution in [0.15, 0.2) is 207 Å². The van der Waals surface area contributed by atoms with Gasteiger partial charge in [-0.05, 0) is 120 Å². The first-order valence-corrected chi connectivity index (χ1v) is 28.0. The average Bonchev–Trinajstić information content (AvgIpc) is 3.51. The number of pyridine rings is 2. The van der Waals surface area contributed by atoms with Crippen molar-refractivity contribution >= 4 is 11.8 Å². The van der Waals surface area contributed by atoms with Crippen LogP contribution < -0.4 is 18.9 Å². The lowest BCUT2D eigenvalue weighted by Gasteiger charge is -2.23. The zero-order chi connectivity index (χ0) is 55.0. The molecule has 0 aliphatic carbocycles. The molecule has 0 saturated heterocycles. The quantitative estimate of drug-likeness (QED) is 0.0396. The fraction of sp³-hybridized carbons (Fsp3) is 0.304. The molecule has 0 saturated carbocycles. The lowest BCUT2D eigenvalue weighted by Crippen LogP contribution is -2.32. The molecule has 0 bridgehead atoms. The predicted octanol–water partition coefficient (Wildman–Crippen LogP) is 14.5. The third kappa shape index (κ3) is 21.3. The Bertz CT molecular complexity index is 2950. The van der Waals surface area contributed by atoms with Gasteiger partial charge in [0.1, 0.15) is 13.2 Å². The molecule has 8 rings (SSSR count). The van der Waals surface area contributed by atoms with Crippen molar-refractivity contribution in [1.29, 1.82) is 0 Å². The van der Waals surface area contributed by atoms with Crippen LogP contribution in [0.3, 0.4) is 0 Å².